The van der Waals surface area contributed by atoms with Crippen molar-refractivity contribution >= 4 is 5.96 Å². The van der Waals surface area contributed by atoms with Crippen molar-refractivity contribution in [2.45, 2.75) is 70.7 Å². The molecule has 8 heteroatoms. The molecule has 0 saturated heterocycles. The number of hydrogen-bond donors (Lipinski definition) is 2. The van der Waals surface area contributed by atoms with Gasteiger partial charge in [0.2, 0.25) is 0 Å². The summed E-state index contributed by atoms with van der Waals surface area (Å²) in [6.45, 7) is 3.37. The molecule has 1 saturated carbocycles. The maximum Gasteiger partial charge on any atom is 0.191 e. The molecule has 1 atom stereocenters. The fourth-order valence-electron chi connectivity index (χ4n) is 4.22. The fourth-order valence-corrected chi connectivity index (χ4v) is 4.22. The molecule has 2 heterocycles. The van der Waals surface area contributed by atoms with Gasteiger partial charge in [-0.25, -0.2) is 9.67 Å². The first kappa shape index (κ1) is 20.5. The van der Waals surface area contributed by atoms with Gasteiger partial charge in [-0.2, -0.15) is 5.10 Å². The SMILES string of the molecule is CN=C(NCc1ccc(OC)cc1OC1CCCC1)NC1CCc2nc(C)nn2C1. The highest BCUT2D eigenvalue weighted by Crippen LogP contribution is 2.30. The molecule has 8 nitrogen and oxygen atoms in total. The standard InChI is InChI=1S/C22H32N6O2/c1-15-25-21-11-9-17(14-28(21)27-15)26-22(23-2)24-13-16-8-10-19(29-3)12-20(16)30-18-6-4-5-7-18/h8,10,12,17-18H,4-7,9,11,13-14H2,1-3H3,(H2,23,24,26). The average molecular weight is 413 g/mol. The first-order chi connectivity index (χ1) is 14.6. The molecule has 1 aromatic carbocycles. The van der Waals surface area contributed by atoms with Crippen LogP contribution in [0.2, 0.25) is 0 Å². The van der Waals surface area contributed by atoms with Crippen molar-refractivity contribution in [3.05, 3.63) is 35.4 Å². The Morgan fingerprint density at radius 1 is 1.27 bits per heavy atom. The summed E-state index contributed by atoms with van der Waals surface area (Å²) in [7, 11) is 3.48. The van der Waals surface area contributed by atoms with Crippen molar-refractivity contribution in [2.75, 3.05) is 14.2 Å². The maximum absolute atomic E-state index is 6.31. The lowest BCUT2D eigenvalue weighted by Gasteiger charge is -2.25. The first-order valence-electron chi connectivity index (χ1n) is 10.9. The lowest BCUT2D eigenvalue weighted by Crippen LogP contribution is -2.46. The van der Waals surface area contributed by atoms with Gasteiger partial charge in [0.1, 0.15) is 23.1 Å². The van der Waals surface area contributed by atoms with Gasteiger partial charge >= 0.3 is 0 Å². The number of hydrogen-bond acceptors (Lipinski definition) is 5. The van der Waals surface area contributed by atoms with E-state index < -0.39 is 0 Å². The largest absolute Gasteiger partial charge is 0.497 e. The van der Waals surface area contributed by atoms with Crippen LogP contribution in [0.3, 0.4) is 0 Å². The average Bonchev–Trinajstić information content (AvgIpc) is 3.39. The molecule has 0 spiro atoms. The van der Waals surface area contributed by atoms with Crippen LogP contribution in [0.25, 0.3) is 0 Å². The highest BCUT2D eigenvalue weighted by molar-refractivity contribution is 5.80. The van der Waals surface area contributed by atoms with Crippen molar-refractivity contribution in [1.82, 2.24) is 25.4 Å². The number of nitrogens with one attached hydrogen (secondary N) is 2. The number of benzene rings is 1. The Morgan fingerprint density at radius 3 is 2.87 bits per heavy atom. The van der Waals surface area contributed by atoms with Crippen LogP contribution in [0.4, 0.5) is 0 Å². The molecule has 1 fully saturated rings. The molecule has 4 rings (SSSR count). The van der Waals surface area contributed by atoms with Gasteiger partial charge in [-0.15, -0.1) is 0 Å². The van der Waals surface area contributed by atoms with Crippen molar-refractivity contribution in [3.8, 4) is 11.5 Å². The third kappa shape index (κ3) is 4.86. The summed E-state index contributed by atoms with van der Waals surface area (Å²) in [4.78, 5) is 8.89. The number of aliphatic imine (C=N–C) groups is 1. The van der Waals surface area contributed by atoms with Crippen molar-refractivity contribution < 1.29 is 9.47 Å². The lowest BCUT2D eigenvalue weighted by molar-refractivity contribution is 0.207. The topological polar surface area (TPSA) is 85.6 Å². The predicted molar refractivity (Wildman–Crippen MR) is 116 cm³/mol. The summed E-state index contributed by atoms with van der Waals surface area (Å²) in [6.07, 6.45) is 6.97. The van der Waals surface area contributed by atoms with Gasteiger partial charge in [0.15, 0.2) is 5.96 Å². The van der Waals surface area contributed by atoms with Crippen LogP contribution < -0.4 is 20.1 Å². The van der Waals surface area contributed by atoms with E-state index in [4.69, 9.17) is 9.47 Å². The van der Waals surface area contributed by atoms with Crippen molar-refractivity contribution in [2.24, 2.45) is 4.99 Å². The van der Waals surface area contributed by atoms with Gasteiger partial charge < -0.3 is 20.1 Å². The zero-order chi connectivity index (χ0) is 20.9. The van der Waals surface area contributed by atoms with Crippen molar-refractivity contribution in [1.29, 1.82) is 0 Å². The number of ether oxygens (including phenoxy) is 2. The zero-order valence-corrected chi connectivity index (χ0v) is 18.1. The van der Waals surface area contributed by atoms with E-state index in [1.54, 1.807) is 14.2 Å². The first-order valence-corrected chi connectivity index (χ1v) is 10.9. The van der Waals surface area contributed by atoms with E-state index in [0.29, 0.717) is 12.6 Å². The molecule has 1 unspecified atom stereocenters. The van der Waals surface area contributed by atoms with E-state index in [1.165, 1.54) is 12.8 Å². The summed E-state index contributed by atoms with van der Waals surface area (Å²) >= 11 is 0. The molecular formula is C22H32N6O2. The summed E-state index contributed by atoms with van der Waals surface area (Å²) in [5, 5.41) is 11.4. The normalized spacial score (nSPS) is 19.4. The van der Waals surface area contributed by atoms with Crippen LogP contribution in [0.15, 0.2) is 23.2 Å². The number of fused-ring (bicyclic) bond motifs is 1. The van der Waals surface area contributed by atoms with E-state index in [9.17, 15) is 0 Å². The molecule has 1 aliphatic carbocycles. The molecule has 2 aliphatic rings. The minimum Gasteiger partial charge on any atom is -0.497 e. The molecule has 30 heavy (non-hydrogen) atoms. The van der Waals surface area contributed by atoms with Crippen LogP contribution in [-0.2, 0) is 19.5 Å². The maximum atomic E-state index is 6.31. The predicted octanol–water partition coefficient (Wildman–Crippen LogP) is 2.60. The zero-order valence-electron chi connectivity index (χ0n) is 18.1. The Bertz CT molecular complexity index is 888. The molecule has 1 aliphatic heterocycles. The van der Waals surface area contributed by atoms with Gasteiger partial charge in [-0.1, -0.05) is 0 Å². The molecule has 0 radical (unpaired) electrons. The number of aryl methyl sites for hydroxylation is 2. The minimum atomic E-state index is 0.273. The Hall–Kier alpha value is -2.77. The Kier molecular flexibility index (Phi) is 6.40. The van der Waals surface area contributed by atoms with E-state index in [0.717, 1.165) is 66.9 Å². The van der Waals surface area contributed by atoms with Crippen LogP contribution in [-0.4, -0.2) is 47.0 Å². The van der Waals surface area contributed by atoms with Gasteiger partial charge in [0, 0.05) is 37.7 Å². The van der Waals surface area contributed by atoms with Crippen LogP contribution >= 0.6 is 0 Å². The summed E-state index contributed by atoms with van der Waals surface area (Å²) in [5.74, 6) is 4.39. The number of guanidine groups is 1. The molecular weight excluding hydrogens is 380 g/mol. The summed E-state index contributed by atoms with van der Waals surface area (Å²) < 4.78 is 13.7. The van der Waals surface area contributed by atoms with E-state index in [1.807, 2.05) is 23.7 Å². The molecule has 162 valence electrons. The van der Waals surface area contributed by atoms with Gasteiger partial charge in [-0.3, -0.25) is 4.99 Å². The minimum absolute atomic E-state index is 0.273. The highest BCUT2D eigenvalue weighted by Gasteiger charge is 2.22. The molecule has 1 aromatic heterocycles. The van der Waals surface area contributed by atoms with Crippen LogP contribution in [0.1, 0.15) is 49.3 Å². The molecule has 2 N–H and O–H groups in total. The van der Waals surface area contributed by atoms with Crippen LogP contribution in [0, 0.1) is 6.92 Å². The van der Waals surface area contributed by atoms with E-state index in [-0.39, 0.29) is 6.04 Å². The second kappa shape index (κ2) is 9.36. The number of aromatic nitrogens is 3. The molecule has 2 aromatic rings. The molecule has 0 bridgehead atoms. The third-order valence-electron chi connectivity index (χ3n) is 5.84. The summed E-state index contributed by atoms with van der Waals surface area (Å²) in [6, 6.07) is 6.30. The monoisotopic (exact) mass is 412 g/mol. The Labute approximate surface area is 178 Å². The van der Waals surface area contributed by atoms with Gasteiger partial charge in [-0.05, 0) is 51.2 Å². The van der Waals surface area contributed by atoms with Crippen LogP contribution in [0.5, 0.6) is 11.5 Å². The van der Waals surface area contributed by atoms with Crippen molar-refractivity contribution in [3.63, 3.8) is 0 Å². The second-order valence-electron chi connectivity index (χ2n) is 8.06. The second-order valence-corrected chi connectivity index (χ2v) is 8.06. The smallest absolute Gasteiger partial charge is 0.191 e. The number of methoxy groups -OCH3 is 1. The Balaban J connectivity index is 1.38. The van der Waals surface area contributed by atoms with E-state index >= 15 is 0 Å². The quantitative estimate of drug-likeness (QED) is 0.560. The number of rotatable bonds is 6. The highest BCUT2D eigenvalue weighted by atomic mass is 16.5. The molecule has 0 amide bonds. The Morgan fingerprint density at radius 2 is 2.10 bits per heavy atom. The third-order valence-corrected chi connectivity index (χ3v) is 5.84. The summed E-state index contributed by atoms with van der Waals surface area (Å²) in [5.41, 5.74) is 1.10. The van der Waals surface area contributed by atoms with Gasteiger partial charge in [0.05, 0.1) is 19.8 Å². The number of nitrogens with zero attached hydrogens (tertiary/aromatic N) is 4. The lowest BCUT2D eigenvalue weighted by atomic mass is 10.1. The fraction of sp³-hybridized carbons (Fsp3) is 0.591. The van der Waals surface area contributed by atoms with E-state index in [2.05, 4.69) is 31.8 Å². The van der Waals surface area contributed by atoms with Gasteiger partial charge in [0.25, 0.3) is 0 Å².